The lowest BCUT2D eigenvalue weighted by molar-refractivity contribution is -0.151. The number of anilines is 1. The van der Waals surface area contributed by atoms with Crippen LogP contribution in [0.4, 0.5) is 10.2 Å². The van der Waals surface area contributed by atoms with Crippen LogP contribution in [-0.4, -0.2) is 79.4 Å². The summed E-state index contributed by atoms with van der Waals surface area (Å²) in [7, 11) is 0. The normalized spacial score (nSPS) is 32.0. The molecule has 2 aromatic heterocycles. The monoisotopic (exact) mass is 437 g/mol. The Labute approximate surface area is 179 Å². The topological polar surface area (TPSA) is 123 Å². The summed E-state index contributed by atoms with van der Waals surface area (Å²) in [4.78, 5) is 26.7. The number of hydrogen-bond donors (Lipinski definition) is 2. The Bertz CT molecular complexity index is 985. The fraction of sp³-hybridized carbons (Fsp3) is 0.700. The number of rotatable bonds is 5. The second-order valence-electron chi connectivity index (χ2n) is 9.21. The van der Waals surface area contributed by atoms with E-state index in [0.29, 0.717) is 43.3 Å². The largest absolute Gasteiger partial charge is 0.481 e. The van der Waals surface area contributed by atoms with Crippen LogP contribution in [0.5, 0.6) is 0 Å². The standard InChI is InChI=1S/C20H28FN5O5/c1-18(2,17(27)28)9-12-20(4,29)19(3,21)16(31-12)26-11-24-13-14(22-10-23-15(13)26)25-5-7-30-8-6-25/h10-12,16,29H,5-9H2,1-4H3,(H,27,28)/t12-,16+,19+,20-/m1/s1. The SMILES string of the molecule is CC(C)(C[C@H]1O[C@H](n2cnc3c(N4CCOCC4)ncnc32)[C@](C)(F)[C@]1(C)O)C(=O)O. The molecule has 2 aromatic rings. The molecule has 11 heteroatoms. The molecule has 0 amide bonds. The quantitative estimate of drug-likeness (QED) is 0.717. The van der Waals surface area contributed by atoms with E-state index in [9.17, 15) is 15.0 Å². The summed E-state index contributed by atoms with van der Waals surface area (Å²) in [6.45, 7) is 8.08. The lowest BCUT2D eigenvalue weighted by Gasteiger charge is -2.35. The number of aliphatic hydroxyl groups is 1. The number of carboxylic acids is 1. The Morgan fingerprint density at radius 3 is 2.61 bits per heavy atom. The molecular formula is C20H28FN5O5. The van der Waals surface area contributed by atoms with Crippen LogP contribution >= 0.6 is 0 Å². The highest BCUT2D eigenvalue weighted by Gasteiger charge is 2.64. The molecule has 0 aliphatic carbocycles. The third-order valence-electron chi connectivity index (χ3n) is 6.55. The first-order valence-corrected chi connectivity index (χ1v) is 10.3. The maximum atomic E-state index is 16.0. The van der Waals surface area contributed by atoms with Gasteiger partial charge in [0.25, 0.3) is 0 Å². The highest BCUT2D eigenvalue weighted by molar-refractivity contribution is 5.83. The molecule has 2 aliphatic heterocycles. The molecule has 2 saturated heterocycles. The Hall–Kier alpha value is -2.37. The van der Waals surface area contributed by atoms with Crippen LogP contribution in [0.15, 0.2) is 12.7 Å². The van der Waals surface area contributed by atoms with Gasteiger partial charge < -0.3 is 24.6 Å². The highest BCUT2D eigenvalue weighted by Crippen LogP contribution is 2.51. The second kappa shape index (κ2) is 7.35. The number of imidazole rings is 1. The van der Waals surface area contributed by atoms with Crippen LogP contribution in [0.1, 0.15) is 40.3 Å². The molecule has 0 aromatic carbocycles. The second-order valence-corrected chi connectivity index (χ2v) is 9.21. The maximum absolute atomic E-state index is 16.0. The number of carboxylic acid groups (broad SMARTS) is 1. The van der Waals surface area contributed by atoms with E-state index in [1.165, 1.54) is 44.9 Å². The molecule has 10 nitrogen and oxygen atoms in total. The van der Waals surface area contributed by atoms with Gasteiger partial charge in [0, 0.05) is 13.1 Å². The smallest absolute Gasteiger partial charge is 0.309 e. The number of alkyl halides is 1. The van der Waals surface area contributed by atoms with Crippen LogP contribution in [0.2, 0.25) is 0 Å². The Kier molecular flexibility index (Phi) is 5.18. The zero-order valence-corrected chi connectivity index (χ0v) is 18.1. The minimum atomic E-state index is -2.23. The molecule has 0 spiro atoms. The minimum Gasteiger partial charge on any atom is -0.481 e. The molecule has 0 saturated carbocycles. The predicted octanol–water partition coefficient (Wildman–Crippen LogP) is 1.54. The van der Waals surface area contributed by atoms with Gasteiger partial charge in [-0.2, -0.15) is 0 Å². The molecule has 0 bridgehead atoms. The van der Waals surface area contributed by atoms with Crippen molar-refractivity contribution in [3.63, 3.8) is 0 Å². The molecular weight excluding hydrogens is 409 g/mol. The number of nitrogens with zero attached hydrogens (tertiary/aromatic N) is 5. The van der Waals surface area contributed by atoms with Gasteiger partial charge in [-0.15, -0.1) is 0 Å². The van der Waals surface area contributed by atoms with E-state index < -0.39 is 35.0 Å². The van der Waals surface area contributed by atoms with E-state index in [4.69, 9.17) is 9.47 Å². The number of aromatic nitrogens is 4. The Balaban J connectivity index is 1.71. The number of aliphatic carboxylic acids is 1. The van der Waals surface area contributed by atoms with Gasteiger partial charge in [-0.05, 0) is 34.1 Å². The summed E-state index contributed by atoms with van der Waals surface area (Å²) in [5.74, 6) is -0.423. The molecule has 31 heavy (non-hydrogen) atoms. The molecule has 2 aliphatic rings. The first-order chi connectivity index (χ1) is 14.5. The van der Waals surface area contributed by atoms with Gasteiger partial charge >= 0.3 is 5.97 Å². The molecule has 0 unspecified atom stereocenters. The van der Waals surface area contributed by atoms with Crippen LogP contribution in [0.3, 0.4) is 0 Å². The first kappa shape index (κ1) is 21.8. The van der Waals surface area contributed by atoms with Crippen LogP contribution in [0, 0.1) is 5.41 Å². The molecule has 4 rings (SSSR count). The maximum Gasteiger partial charge on any atom is 0.309 e. The van der Waals surface area contributed by atoms with Crippen molar-refractivity contribution in [3.8, 4) is 0 Å². The molecule has 170 valence electrons. The number of halogens is 1. The first-order valence-electron chi connectivity index (χ1n) is 10.3. The number of hydrogen-bond acceptors (Lipinski definition) is 8. The zero-order valence-electron chi connectivity index (χ0n) is 18.1. The van der Waals surface area contributed by atoms with Crippen molar-refractivity contribution in [2.45, 2.75) is 57.7 Å². The molecule has 4 atom stereocenters. The van der Waals surface area contributed by atoms with Crippen molar-refractivity contribution in [1.29, 1.82) is 0 Å². The Morgan fingerprint density at radius 1 is 1.29 bits per heavy atom. The van der Waals surface area contributed by atoms with Gasteiger partial charge in [0.15, 0.2) is 28.9 Å². The van der Waals surface area contributed by atoms with Crippen LogP contribution < -0.4 is 4.90 Å². The lowest BCUT2D eigenvalue weighted by Crippen LogP contribution is -2.52. The minimum absolute atomic E-state index is 0.0635. The van der Waals surface area contributed by atoms with Crippen molar-refractivity contribution in [2.24, 2.45) is 5.41 Å². The average Bonchev–Trinajstić information content (AvgIpc) is 3.21. The summed E-state index contributed by atoms with van der Waals surface area (Å²) in [5.41, 5.74) is -4.50. The van der Waals surface area contributed by atoms with Gasteiger partial charge in [-0.1, -0.05) is 0 Å². The van der Waals surface area contributed by atoms with E-state index in [-0.39, 0.29) is 6.42 Å². The van der Waals surface area contributed by atoms with E-state index in [1.807, 2.05) is 4.90 Å². The lowest BCUT2D eigenvalue weighted by atomic mass is 9.77. The van der Waals surface area contributed by atoms with Crippen molar-refractivity contribution in [1.82, 2.24) is 19.5 Å². The average molecular weight is 437 g/mol. The van der Waals surface area contributed by atoms with E-state index in [0.717, 1.165) is 0 Å². The van der Waals surface area contributed by atoms with Gasteiger partial charge in [0.2, 0.25) is 0 Å². The molecule has 2 N–H and O–H groups in total. The predicted molar refractivity (Wildman–Crippen MR) is 108 cm³/mol. The fourth-order valence-corrected chi connectivity index (χ4v) is 4.12. The van der Waals surface area contributed by atoms with Crippen LogP contribution in [0.25, 0.3) is 11.2 Å². The summed E-state index contributed by atoms with van der Waals surface area (Å²) >= 11 is 0. The summed E-state index contributed by atoms with van der Waals surface area (Å²) in [6.07, 6.45) is 0.462. The van der Waals surface area contributed by atoms with E-state index in [1.54, 1.807) is 0 Å². The highest BCUT2D eigenvalue weighted by atomic mass is 19.1. The Morgan fingerprint density at radius 2 is 1.97 bits per heavy atom. The van der Waals surface area contributed by atoms with Crippen molar-refractivity contribution >= 4 is 23.0 Å². The van der Waals surface area contributed by atoms with Crippen molar-refractivity contribution < 1.29 is 28.9 Å². The van der Waals surface area contributed by atoms with Gasteiger partial charge in [-0.3, -0.25) is 9.36 Å². The van der Waals surface area contributed by atoms with Crippen molar-refractivity contribution in [2.75, 3.05) is 31.2 Å². The number of carbonyl (C=O) groups is 1. The van der Waals surface area contributed by atoms with Gasteiger partial charge in [0.05, 0.1) is 31.1 Å². The molecule has 4 heterocycles. The van der Waals surface area contributed by atoms with Gasteiger partial charge in [0.1, 0.15) is 11.9 Å². The zero-order chi connectivity index (χ0) is 22.6. The third kappa shape index (κ3) is 3.44. The number of ether oxygens (including phenoxy) is 2. The van der Waals surface area contributed by atoms with E-state index >= 15 is 4.39 Å². The summed E-state index contributed by atoms with van der Waals surface area (Å²) < 4.78 is 28.8. The van der Waals surface area contributed by atoms with Crippen LogP contribution in [-0.2, 0) is 14.3 Å². The van der Waals surface area contributed by atoms with Crippen molar-refractivity contribution in [3.05, 3.63) is 12.7 Å². The number of fused-ring (bicyclic) bond motifs is 1. The fourth-order valence-electron chi connectivity index (χ4n) is 4.12. The third-order valence-corrected chi connectivity index (χ3v) is 6.55. The molecule has 2 fully saturated rings. The molecule has 0 radical (unpaired) electrons. The van der Waals surface area contributed by atoms with E-state index in [2.05, 4.69) is 15.0 Å². The van der Waals surface area contributed by atoms with Gasteiger partial charge in [-0.25, -0.2) is 19.3 Å². The summed E-state index contributed by atoms with van der Waals surface area (Å²) in [5, 5.41) is 20.5. The summed E-state index contributed by atoms with van der Waals surface area (Å²) in [6, 6.07) is 0. The number of morpholine rings is 1.